The van der Waals surface area contributed by atoms with E-state index in [1.165, 1.54) is 24.3 Å². The van der Waals surface area contributed by atoms with Crippen molar-refractivity contribution in [2.45, 2.75) is 9.92 Å². The number of carboxylic acid groups (broad SMARTS) is 1. The van der Waals surface area contributed by atoms with Gasteiger partial charge in [-0.2, -0.15) is 0 Å². The van der Waals surface area contributed by atoms with E-state index in [4.69, 9.17) is 14.6 Å². The van der Waals surface area contributed by atoms with Crippen LogP contribution in [0.5, 0.6) is 5.88 Å². The summed E-state index contributed by atoms with van der Waals surface area (Å²) in [5.74, 6) is -1.68. The number of benzene rings is 1. The minimum atomic E-state index is -4.18. The molecule has 1 aromatic carbocycles. The van der Waals surface area contributed by atoms with Crippen molar-refractivity contribution in [3.8, 4) is 5.88 Å². The fraction of sp³-hybridized carbons (Fsp3) is 0.250. The summed E-state index contributed by atoms with van der Waals surface area (Å²) in [6.45, 7) is -0.876. The smallest absolute Gasteiger partial charge is 0.415 e. The normalized spacial score (nSPS) is 11.3. The molecular formula is C12H12N2O8S. The number of aliphatic carboxylic acids is 1. The van der Waals surface area contributed by atoms with Gasteiger partial charge in [0, 0.05) is 0 Å². The van der Waals surface area contributed by atoms with Crippen LogP contribution in [-0.4, -0.2) is 44.5 Å². The molecule has 0 saturated heterocycles. The Morgan fingerprint density at radius 1 is 1.30 bits per heavy atom. The van der Waals surface area contributed by atoms with Crippen LogP contribution in [0.15, 0.2) is 44.9 Å². The number of nitrogens with zero attached hydrogens (tertiary/aromatic N) is 2. The van der Waals surface area contributed by atoms with Crippen molar-refractivity contribution >= 4 is 15.8 Å². The molecule has 0 bridgehead atoms. The molecule has 2 aromatic rings. The molecule has 1 heterocycles. The first-order valence-electron chi connectivity index (χ1n) is 6.25. The van der Waals surface area contributed by atoms with Gasteiger partial charge in [-0.05, 0) is 17.0 Å². The van der Waals surface area contributed by atoms with Gasteiger partial charge in [-0.25, -0.2) is 13.2 Å². The Kier molecular flexibility index (Phi) is 5.13. The Hall–Kier alpha value is -2.66. The van der Waals surface area contributed by atoms with Gasteiger partial charge in [0.1, 0.15) is 13.2 Å². The Morgan fingerprint density at radius 2 is 2.00 bits per heavy atom. The number of sulfone groups is 1. The van der Waals surface area contributed by atoms with Gasteiger partial charge in [-0.15, -0.1) is 0 Å². The van der Waals surface area contributed by atoms with E-state index in [1.54, 1.807) is 6.07 Å². The number of carboxylic acids is 1. The van der Waals surface area contributed by atoms with Crippen LogP contribution < -0.4 is 9.64 Å². The quantitative estimate of drug-likeness (QED) is 0.500. The Labute approximate surface area is 130 Å². The van der Waals surface area contributed by atoms with Gasteiger partial charge in [-0.1, -0.05) is 18.2 Å². The largest absolute Gasteiger partial charge is 0.480 e. The van der Waals surface area contributed by atoms with Crippen LogP contribution in [0.2, 0.25) is 0 Å². The van der Waals surface area contributed by atoms with Crippen molar-refractivity contribution in [1.82, 2.24) is 5.16 Å². The Balaban J connectivity index is 2.14. The summed E-state index contributed by atoms with van der Waals surface area (Å²) in [4.78, 5) is 9.87. The monoisotopic (exact) mass is 344 g/mol. The SMILES string of the molecule is O=C(O)COCCOc1no[n+]([O-])c1S(=O)(=O)c1ccccc1. The number of hydrogen-bond acceptors (Lipinski definition) is 8. The lowest BCUT2D eigenvalue weighted by Gasteiger charge is -2.03. The molecule has 2 rings (SSSR count). The molecule has 0 spiro atoms. The zero-order chi connectivity index (χ0) is 16.9. The Bertz CT molecular complexity index is 772. The molecule has 0 unspecified atom stereocenters. The molecule has 0 aliphatic rings. The summed E-state index contributed by atoms with van der Waals surface area (Å²) in [5, 5.41) is 22.4. The molecule has 0 aliphatic carbocycles. The van der Waals surface area contributed by atoms with Gasteiger partial charge in [0.2, 0.25) is 0 Å². The summed E-state index contributed by atoms with van der Waals surface area (Å²) in [7, 11) is -4.18. The van der Waals surface area contributed by atoms with Crippen molar-refractivity contribution in [3.05, 3.63) is 35.5 Å². The molecular weight excluding hydrogens is 332 g/mol. The standard InChI is InChI=1S/C12H12N2O8S/c15-10(16)8-20-6-7-21-11-12(14(17)22-13-11)23(18,19)9-4-2-1-3-5-9/h1-5H,6-8H2,(H,15,16). The van der Waals surface area contributed by atoms with Crippen molar-refractivity contribution in [2.75, 3.05) is 19.8 Å². The van der Waals surface area contributed by atoms with Crippen LogP contribution in [0.3, 0.4) is 0 Å². The van der Waals surface area contributed by atoms with Crippen LogP contribution >= 0.6 is 0 Å². The third-order valence-electron chi connectivity index (χ3n) is 2.55. The van der Waals surface area contributed by atoms with Crippen LogP contribution in [0.4, 0.5) is 0 Å². The number of ether oxygens (including phenoxy) is 2. The highest BCUT2D eigenvalue weighted by Crippen LogP contribution is 2.24. The molecule has 0 fully saturated rings. The lowest BCUT2D eigenvalue weighted by molar-refractivity contribution is -0.832. The predicted octanol–water partition coefficient (Wildman–Crippen LogP) is -0.379. The second kappa shape index (κ2) is 7.07. The highest BCUT2D eigenvalue weighted by molar-refractivity contribution is 7.91. The summed E-state index contributed by atoms with van der Waals surface area (Å²) in [5.41, 5.74) is 0. The molecule has 0 radical (unpaired) electrons. The van der Waals surface area contributed by atoms with E-state index in [0.717, 1.165) is 0 Å². The lowest BCUT2D eigenvalue weighted by Crippen LogP contribution is -2.31. The van der Waals surface area contributed by atoms with Gasteiger partial charge in [0.05, 0.1) is 16.7 Å². The van der Waals surface area contributed by atoms with E-state index >= 15 is 0 Å². The molecule has 10 nitrogen and oxygen atoms in total. The van der Waals surface area contributed by atoms with Gasteiger partial charge < -0.3 is 19.8 Å². The number of aromatic nitrogens is 2. The molecule has 124 valence electrons. The first-order chi connectivity index (χ1) is 10.9. The van der Waals surface area contributed by atoms with Gasteiger partial charge >= 0.3 is 16.9 Å². The van der Waals surface area contributed by atoms with E-state index in [-0.39, 0.29) is 23.0 Å². The number of carbonyl (C=O) groups is 1. The van der Waals surface area contributed by atoms with Crippen LogP contribution in [0.25, 0.3) is 0 Å². The van der Waals surface area contributed by atoms with E-state index in [1.807, 2.05) is 0 Å². The molecule has 1 N–H and O–H groups in total. The van der Waals surface area contributed by atoms with E-state index in [9.17, 15) is 18.4 Å². The molecule has 0 aliphatic heterocycles. The third kappa shape index (κ3) is 3.96. The van der Waals surface area contributed by atoms with Gasteiger partial charge in [0.25, 0.3) is 9.84 Å². The molecule has 0 atom stereocenters. The molecule has 0 amide bonds. The maximum absolute atomic E-state index is 12.4. The predicted molar refractivity (Wildman–Crippen MR) is 71.3 cm³/mol. The topological polar surface area (TPSA) is 143 Å². The molecule has 1 aromatic heterocycles. The zero-order valence-electron chi connectivity index (χ0n) is 11.6. The van der Waals surface area contributed by atoms with Gasteiger partial charge in [0.15, 0.2) is 0 Å². The fourth-order valence-electron chi connectivity index (χ4n) is 1.60. The average Bonchev–Trinajstić information content (AvgIpc) is 2.89. The Morgan fingerprint density at radius 3 is 2.65 bits per heavy atom. The maximum atomic E-state index is 12.4. The average molecular weight is 344 g/mol. The van der Waals surface area contributed by atoms with E-state index in [0.29, 0.717) is 0 Å². The summed E-state index contributed by atoms with van der Waals surface area (Å²) >= 11 is 0. The maximum Gasteiger partial charge on any atom is 0.415 e. The van der Waals surface area contributed by atoms with Crippen molar-refractivity contribution in [3.63, 3.8) is 0 Å². The van der Waals surface area contributed by atoms with Crippen LogP contribution in [-0.2, 0) is 19.4 Å². The first kappa shape index (κ1) is 16.7. The van der Waals surface area contributed by atoms with E-state index < -0.39 is 33.3 Å². The second-order valence-corrected chi connectivity index (χ2v) is 6.02. The summed E-state index contributed by atoms with van der Waals surface area (Å²) < 4.78 is 38.8. The molecule has 11 heteroatoms. The highest BCUT2D eigenvalue weighted by Gasteiger charge is 2.35. The van der Waals surface area contributed by atoms with Crippen molar-refractivity contribution < 1.29 is 37.3 Å². The van der Waals surface area contributed by atoms with Crippen LogP contribution in [0, 0.1) is 5.21 Å². The number of rotatable bonds is 8. The first-order valence-corrected chi connectivity index (χ1v) is 7.73. The fourth-order valence-corrected chi connectivity index (χ4v) is 2.89. The summed E-state index contributed by atoms with van der Waals surface area (Å²) in [6.07, 6.45) is 0. The zero-order valence-corrected chi connectivity index (χ0v) is 12.4. The molecule has 23 heavy (non-hydrogen) atoms. The minimum Gasteiger partial charge on any atom is -0.480 e. The lowest BCUT2D eigenvalue weighted by atomic mass is 10.4. The van der Waals surface area contributed by atoms with E-state index in [2.05, 4.69) is 9.79 Å². The van der Waals surface area contributed by atoms with Crippen molar-refractivity contribution in [2.24, 2.45) is 0 Å². The second-order valence-electron chi connectivity index (χ2n) is 4.15. The highest BCUT2D eigenvalue weighted by atomic mass is 32.2. The third-order valence-corrected chi connectivity index (χ3v) is 4.27. The number of hydrogen-bond donors (Lipinski definition) is 1. The minimum absolute atomic E-state index is 0.125. The molecule has 0 saturated carbocycles. The van der Waals surface area contributed by atoms with Crippen LogP contribution in [0.1, 0.15) is 0 Å². The summed E-state index contributed by atoms with van der Waals surface area (Å²) in [6, 6.07) is 7.23. The van der Waals surface area contributed by atoms with Gasteiger partial charge in [-0.3, -0.25) is 4.63 Å². The van der Waals surface area contributed by atoms with Crippen molar-refractivity contribution in [1.29, 1.82) is 0 Å².